The highest BCUT2D eigenvalue weighted by Gasteiger charge is 2.16. The molecule has 1 aliphatic carbocycles. The first-order valence-electron chi connectivity index (χ1n) is 5.24. The number of carbonyl (C=O) groups excluding carboxylic acids is 1. The van der Waals surface area contributed by atoms with E-state index >= 15 is 0 Å². The molecule has 1 nitrogen and oxygen atoms in total. The molecule has 13 heavy (non-hydrogen) atoms. The van der Waals surface area contributed by atoms with Gasteiger partial charge in [0.25, 0.3) is 0 Å². The maximum absolute atomic E-state index is 11.3. The molecule has 1 unspecified atom stereocenters. The zero-order valence-corrected chi connectivity index (χ0v) is 8.44. The molecule has 1 atom stereocenters. The van der Waals surface area contributed by atoms with Crippen molar-refractivity contribution in [3.8, 4) is 11.8 Å². The third kappa shape index (κ3) is 4.12. The van der Waals surface area contributed by atoms with Crippen molar-refractivity contribution in [1.29, 1.82) is 0 Å². The van der Waals surface area contributed by atoms with Crippen molar-refractivity contribution in [2.75, 3.05) is 0 Å². The Labute approximate surface area is 80.9 Å². The summed E-state index contributed by atoms with van der Waals surface area (Å²) >= 11 is 0. The van der Waals surface area contributed by atoms with Gasteiger partial charge in [-0.25, -0.2) is 0 Å². The summed E-state index contributed by atoms with van der Waals surface area (Å²) in [5, 5.41) is 0. The summed E-state index contributed by atoms with van der Waals surface area (Å²) in [7, 11) is 0. The molecule has 0 bridgehead atoms. The minimum absolute atomic E-state index is 0.465. The van der Waals surface area contributed by atoms with Crippen LogP contribution in [0.3, 0.4) is 0 Å². The van der Waals surface area contributed by atoms with E-state index in [1.807, 2.05) is 6.92 Å². The molecule has 0 saturated heterocycles. The van der Waals surface area contributed by atoms with Crippen LogP contribution in [0, 0.1) is 17.8 Å². The van der Waals surface area contributed by atoms with Crippen molar-refractivity contribution in [2.45, 2.75) is 51.9 Å². The summed E-state index contributed by atoms with van der Waals surface area (Å²) in [6, 6.07) is 0. The van der Waals surface area contributed by atoms with Gasteiger partial charge in [0.1, 0.15) is 5.78 Å². The fourth-order valence-corrected chi connectivity index (χ4v) is 1.93. The highest BCUT2D eigenvalue weighted by atomic mass is 16.1. The van der Waals surface area contributed by atoms with Gasteiger partial charge in [-0.05, 0) is 32.1 Å². The Morgan fingerprint density at radius 3 is 3.08 bits per heavy atom. The van der Waals surface area contributed by atoms with Gasteiger partial charge in [0, 0.05) is 19.3 Å². The van der Waals surface area contributed by atoms with Gasteiger partial charge in [-0.3, -0.25) is 4.79 Å². The molecule has 0 aromatic rings. The first kappa shape index (κ1) is 10.3. The molecule has 0 radical (unpaired) electrons. The molecule has 0 heterocycles. The molecular weight excluding hydrogens is 160 g/mol. The number of rotatable bonds is 2. The third-order valence-electron chi connectivity index (χ3n) is 2.69. The van der Waals surface area contributed by atoms with Gasteiger partial charge in [-0.2, -0.15) is 0 Å². The van der Waals surface area contributed by atoms with Gasteiger partial charge < -0.3 is 0 Å². The minimum atomic E-state index is 0.465. The van der Waals surface area contributed by atoms with Crippen molar-refractivity contribution in [1.82, 2.24) is 0 Å². The van der Waals surface area contributed by atoms with Crippen LogP contribution in [0.2, 0.25) is 0 Å². The Kier molecular flexibility index (Phi) is 4.60. The van der Waals surface area contributed by atoms with Crippen molar-refractivity contribution in [3.63, 3.8) is 0 Å². The fourth-order valence-electron chi connectivity index (χ4n) is 1.93. The normalized spacial score (nSPS) is 23.2. The Bertz CT molecular complexity index is 219. The molecule has 0 N–H and O–H groups in total. The van der Waals surface area contributed by atoms with Gasteiger partial charge in [0.05, 0.1) is 0 Å². The zero-order chi connectivity index (χ0) is 9.52. The molecule has 1 rings (SSSR count). The van der Waals surface area contributed by atoms with Gasteiger partial charge in [-0.15, -0.1) is 11.8 Å². The molecule has 1 fully saturated rings. The first-order valence-corrected chi connectivity index (χ1v) is 5.24. The number of Topliss-reactive ketones (excluding diaryl/α,β-unsaturated/α-hetero) is 1. The average Bonchev–Trinajstić information content (AvgIpc) is 2.31. The minimum Gasteiger partial charge on any atom is -0.300 e. The smallest absolute Gasteiger partial charge is 0.133 e. The summed E-state index contributed by atoms with van der Waals surface area (Å²) in [5.41, 5.74) is 0. The molecule has 0 spiro atoms. The zero-order valence-electron chi connectivity index (χ0n) is 8.44. The molecule has 0 aromatic carbocycles. The van der Waals surface area contributed by atoms with Crippen molar-refractivity contribution in [2.24, 2.45) is 5.92 Å². The lowest BCUT2D eigenvalue weighted by Crippen LogP contribution is -2.04. The van der Waals surface area contributed by atoms with Gasteiger partial charge in [0.15, 0.2) is 0 Å². The maximum Gasteiger partial charge on any atom is 0.133 e. The van der Waals surface area contributed by atoms with E-state index in [4.69, 9.17) is 0 Å². The van der Waals surface area contributed by atoms with E-state index in [1.54, 1.807) is 0 Å². The predicted octanol–water partition coefficient (Wildman–Crippen LogP) is 2.94. The lowest BCUT2D eigenvalue weighted by atomic mass is 9.95. The Balaban J connectivity index is 2.29. The van der Waals surface area contributed by atoms with Crippen molar-refractivity contribution in [3.05, 3.63) is 0 Å². The molecule has 0 aromatic heterocycles. The second-order valence-electron chi connectivity index (χ2n) is 3.82. The second-order valence-corrected chi connectivity index (χ2v) is 3.82. The van der Waals surface area contributed by atoms with Crippen LogP contribution in [0.15, 0.2) is 0 Å². The molecule has 72 valence electrons. The second kappa shape index (κ2) is 5.80. The van der Waals surface area contributed by atoms with Crippen LogP contribution in [0.4, 0.5) is 0 Å². The number of hydrogen-bond acceptors (Lipinski definition) is 1. The molecule has 1 aliphatic rings. The largest absolute Gasteiger partial charge is 0.300 e. The van der Waals surface area contributed by atoms with Gasteiger partial charge >= 0.3 is 0 Å². The average molecular weight is 178 g/mol. The van der Waals surface area contributed by atoms with Crippen molar-refractivity contribution < 1.29 is 4.79 Å². The lowest BCUT2D eigenvalue weighted by Gasteiger charge is -2.10. The van der Waals surface area contributed by atoms with Crippen LogP contribution >= 0.6 is 0 Å². The highest BCUT2D eigenvalue weighted by molar-refractivity contribution is 5.78. The summed E-state index contributed by atoms with van der Waals surface area (Å²) in [5.74, 6) is 7.05. The molecule has 0 amide bonds. The van der Waals surface area contributed by atoms with Crippen molar-refractivity contribution >= 4 is 5.78 Å². The summed E-state index contributed by atoms with van der Waals surface area (Å²) in [6.07, 6.45) is 7.28. The van der Waals surface area contributed by atoms with E-state index in [0.717, 1.165) is 32.1 Å². The lowest BCUT2D eigenvalue weighted by molar-refractivity contribution is -0.119. The Morgan fingerprint density at radius 1 is 1.46 bits per heavy atom. The van der Waals surface area contributed by atoms with Gasteiger partial charge in [-0.1, -0.05) is 6.42 Å². The van der Waals surface area contributed by atoms with Crippen LogP contribution in [-0.2, 0) is 4.79 Å². The Hall–Kier alpha value is -0.770. The first-order chi connectivity index (χ1) is 6.33. The molecule has 1 heteroatoms. The highest BCUT2D eigenvalue weighted by Crippen LogP contribution is 2.24. The SMILES string of the molecule is CC#CCCC1CCCCC(=O)C1. The number of ketones is 1. The summed E-state index contributed by atoms with van der Waals surface area (Å²) < 4.78 is 0. The van der Waals surface area contributed by atoms with Gasteiger partial charge in [0.2, 0.25) is 0 Å². The fraction of sp³-hybridized carbons (Fsp3) is 0.750. The molecular formula is C12H18O. The summed E-state index contributed by atoms with van der Waals surface area (Å²) in [4.78, 5) is 11.3. The monoisotopic (exact) mass is 178 g/mol. The van der Waals surface area contributed by atoms with E-state index in [0.29, 0.717) is 11.7 Å². The quantitative estimate of drug-likeness (QED) is 0.469. The van der Waals surface area contributed by atoms with Crippen LogP contribution in [0.25, 0.3) is 0 Å². The van der Waals surface area contributed by atoms with E-state index in [2.05, 4.69) is 11.8 Å². The molecule has 0 aliphatic heterocycles. The maximum atomic E-state index is 11.3. The van der Waals surface area contributed by atoms with Crippen LogP contribution < -0.4 is 0 Å². The molecule has 1 saturated carbocycles. The predicted molar refractivity (Wildman–Crippen MR) is 54.3 cm³/mol. The Morgan fingerprint density at radius 2 is 2.31 bits per heavy atom. The summed E-state index contributed by atoms with van der Waals surface area (Å²) in [6.45, 7) is 1.87. The van der Waals surface area contributed by atoms with Crippen LogP contribution in [-0.4, -0.2) is 5.78 Å². The van der Waals surface area contributed by atoms with E-state index in [9.17, 15) is 4.79 Å². The van der Waals surface area contributed by atoms with E-state index < -0.39 is 0 Å². The third-order valence-corrected chi connectivity index (χ3v) is 2.69. The number of hydrogen-bond donors (Lipinski definition) is 0. The van der Waals surface area contributed by atoms with E-state index in [-0.39, 0.29) is 0 Å². The number of carbonyl (C=O) groups is 1. The standard InChI is InChI=1S/C12H18O/c1-2-3-4-7-11-8-5-6-9-12(13)10-11/h11H,4-10H2,1H3. The van der Waals surface area contributed by atoms with Crippen LogP contribution in [0.1, 0.15) is 51.9 Å². The van der Waals surface area contributed by atoms with E-state index in [1.165, 1.54) is 12.8 Å². The topological polar surface area (TPSA) is 17.1 Å². The van der Waals surface area contributed by atoms with Crippen LogP contribution in [0.5, 0.6) is 0 Å².